The first-order valence-electron chi connectivity index (χ1n) is 11.4. The molecule has 10 heteroatoms. The van der Waals surface area contributed by atoms with Crippen molar-refractivity contribution in [2.24, 2.45) is 11.8 Å². The van der Waals surface area contributed by atoms with Gasteiger partial charge in [-0.3, -0.25) is 0 Å². The highest BCUT2D eigenvalue weighted by atomic mass is 79.9. The average molecular weight is 611 g/mol. The number of hydrogen-bond acceptors (Lipinski definition) is 6. The van der Waals surface area contributed by atoms with Gasteiger partial charge in [-0.25, -0.2) is 18.1 Å². The number of fused-ring (bicyclic) bond motifs is 1. The fourth-order valence-electron chi connectivity index (χ4n) is 4.31. The van der Waals surface area contributed by atoms with Gasteiger partial charge in [-0.05, 0) is 99.7 Å². The smallest absolute Gasteiger partial charge is 0.240 e. The second-order valence-electron chi connectivity index (χ2n) is 8.98. The maximum absolute atomic E-state index is 12.7. The predicted molar refractivity (Wildman–Crippen MR) is 145 cm³/mol. The summed E-state index contributed by atoms with van der Waals surface area (Å²) in [7, 11) is 0.458. The average Bonchev–Trinajstić information content (AvgIpc) is 2.83. The second-order valence-corrected chi connectivity index (χ2v) is 12.5. The van der Waals surface area contributed by atoms with E-state index < -0.39 is 10.0 Å². The van der Waals surface area contributed by atoms with Crippen LogP contribution in [-0.4, -0.2) is 45.6 Å². The molecule has 0 radical (unpaired) electrons. The monoisotopic (exact) mass is 609 g/mol. The van der Waals surface area contributed by atoms with Crippen molar-refractivity contribution in [1.29, 1.82) is 0 Å². The number of para-hydroxylation sites is 1. The van der Waals surface area contributed by atoms with Gasteiger partial charge in [-0.2, -0.15) is 4.98 Å². The molecule has 0 aliphatic heterocycles. The van der Waals surface area contributed by atoms with Crippen molar-refractivity contribution in [3.05, 3.63) is 51.4 Å². The minimum Gasteiger partial charge on any atom is -0.362 e. The Morgan fingerprint density at radius 3 is 2.29 bits per heavy atom. The number of nitrogens with zero attached hydrogens (tertiary/aromatic N) is 3. The van der Waals surface area contributed by atoms with E-state index in [-0.39, 0.29) is 4.90 Å². The third-order valence-corrected chi connectivity index (χ3v) is 9.59. The quantitative estimate of drug-likeness (QED) is 0.354. The fraction of sp³-hybridized carbons (Fsp3) is 0.417. The SMILES string of the molecule is CN(C)c1nc(NC[C@H]2CC[C@H](CNS(=O)(=O)c3ccc(Br)c(Br)c3)CC2)nc2ccccc12. The van der Waals surface area contributed by atoms with E-state index in [1.165, 1.54) is 0 Å². The fourth-order valence-corrected chi connectivity index (χ4v) is 6.23. The van der Waals surface area contributed by atoms with Crippen molar-refractivity contribution < 1.29 is 8.42 Å². The Hall–Kier alpha value is -1.75. The van der Waals surface area contributed by atoms with Gasteiger partial charge in [0, 0.05) is 41.5 Å². The van der Waals surface area contributed by atoms with E-state index >= 15 is 0 Å². The molecule has 0 unspecified atom stereocenters. The van der Waals surface area contributed by atoms with Gasteiger partial charge in [0.1, 0.15) is 5.82 Å². The lowest BCUT2D eigenvalue weighted by Gasteiger charge is -2.28. The molecule has 2 N–H and O–H groups in total. The molecule has 0 saturated heterocycles. The molecule has 1 aliphatic rings. The molecule has 4 rings (SSSR count). The molecule has 182 valence electrons. The Labute approximate surface area is 218 Å². The van der Waals surface area contributed by atoms with Crippen LogP contribution in [-0.2, 0) is 10.0 Å². The van der Waals surface area contributed by atoms with E-state index in [2.05, 4.69) is 46.9 Å². The highest BCUT2D eigenvalue weighted by Crippen LogP contribution is 2.30. The third kappa shape index (κ3) is 6.08. The molecular formula is C24H29Br2N5O2S. The number of anilines is 2. The number of nitrogens with one attached hydrogen (secondary N) is 2. The van der Waals surface area contributed by atoms with Crippen LogP contribution in [0.25, 0.3) is 10.9 Å². The summed E-state index contributed by atoms with van der Waals surface area (Å²) >= 11 is 6.74. The van der Waals surface area contributed by atoms with Crippen LogP contribution in [0.3, 0.4) is 0 Å². The molecular weight excluding hydrogens is 582 g/mol. The number of hydrogen-bond donors (Lipinski definition) is 2. The maximum Gasteiger partial charge on any atom is 0.240 e. The number of sulfonamides is 1. The summed E-state index contributed by atoms with van der Waals surface area (Å²) in [6.07, 6.45) is 4.11. The van der Waals surface area contributed by atoms with Gasteiger partial charge in [0.05, 0.1) is 10.4 Å². The van der Waals surface area contributed by atoms with Crippen LogP contribution in [0.5, 0.6) is 0 Å². The van der Waals surface area contributed by atoms with Gasteiger partial charge in [0.2, 0.25) is 16.0 Å². The molecule has 3 aromatic rings. The summed E-state index contributed by atoms with van der Waals surface area (Å²) < 4.78 is 29.6. The number of benzene rings is 2. The summed E-state index contributed by atoms with van der Waals surface area (Å²) in [5, 5.41) is 4.47. The Morgan fingerprint density at radius 1 is 0.941 bits per heavy atom. The highest BCUT2D eigenvalue weighted by Gasteiger charge is 2.24. The molecule has 1 fully saturated rings. The van der Waals surface area contributed by atoms with Crippen LogP contribution in [0.4, 0.5) is 11.8 Å². The van der Waals surface area contributed by atoms with E-state index in [4.69, 9.17) is 4.98 Å². The van der Waals surface area contributed by atoms with Crippen molar-refractivity contribution >= 4 is 64.6 Å². The van der Waals surface area contributed by atoms with Gasteiger partial charge in [0.15, 0.2) is 0 Å². The van der Waals surface area contributed by atoms with Gasteiger partial charge in [-0.15, -0.1) is 0 Å². The van der Waals surface area contributed by atoms with Crippen LogP contribution in [0, 0.1) is 11.8 Å². The van der Waals surface area contributed by atoms with Crippen molar-refractivity contribution in [3.63, 3.8) is 0 Å². The van der Waals surface area contributed by atoms with Crippen LogP contribution in [0.1, 0.15) is 25.7 Å². The molecule has 1 aliphatic carbocycles. The summed E-state index contributed by atoms with van der Waals surface area (Å²) in [6, 6.07) is 13.0. The maximum atomic E-state index is 12.7. The molecule has 0 atom stereocenters. The molecule has 0 amide bonds. The first kappa shape index (κ1) is 25.3. The molecule has 2 aromatic carbocycles. The van der Waals surface area contributed by atoms with E-state index in [9.17, 15) is 8.42 Å². The van der Waals surface area contributed by atoms with E-state index in [0.29, 0.717) is 24.3 Å². The zero-order valence-electron chi connectivity index (χ0n) is 19.3. The van der Waals surface area contributed by atoms with Gasteiger partial charge in [-0.1, -0.05) is 12.1 Å². The van der Waals surface area contributed by atoms with E-state index in [1.807, 2.05) is 43.3 Å². The van der Waals surface area contributed by atoms with Crippen molar-refractivity contribution in [1.82, 2.24) is 14.7 Å². The van der Waals surface area contributed by atoms with Crippen molar-refractivity contribution in [3.8, 4) is 0 Å². The lowest BCUT2D eigenvalue weighted by Crippen LogP contribution is -2.32. The van der Waals surface area contributed by atoms with Crippen LogP contribution >= 0.6 is 31.9 Å². The van der Waals surface area contributed by atoms with E-state index in [0.717, 1.165) is 57.9 Å². The summed E-state index contributed by atoms with van der Waals surface area (Å²) in [5.74, 6) is 2.43. The topological polar surface area (TPSA) is 87.2 Å². The number of halogens is 2. The van der Waals surface area contributed by atoms with Crippen LogP contribution < -0.4 is 14.9 Å². The normalized spacial score (nSPS) is 18.7. The molecule has 1 heterocycles. The summed E-state index contributed by atoms with van der Waals surface area (Å²) in [6.45, 7) is 1.28. The lowest BCUT2D eigenvalue weighted by atomic mass is 9.82. The molecule has 1 aromatic heterocycles. The van der Waals surface area contributed by atoms with E-state index in [1.54, 1.807) is 18.2 Å². The van der Waals surface area contributed by atoms with Crippen LogP contribution in [0.15, 0.2) is 56.3 Å². The second kappa shape index (κ2) is 10.9. The Morgan fingerprint density at radius 2 is 1.62 bits per heavy atom. The third-order valence-electron chi connectivity index (χ3n) is 6.29. The predicted octanol–water partition coefficient (Wildman–Crippen LogP) is 5.42. The van der Waals surface area contributed by atoms with Gasteiger partial charge >= 0.3 is 0 Å². The Balaban J connectivity index is 1.29. The van der Waals surface area contributed by atoms with Crippen molar-refractivity contribution in [2.75, 3.05) is 37.4 Å². The molecule has 7 nitrogen and oxygen atoms in total. The standard InChI is InChI=1S/C24H29Br2N5O2S/c1-31(2)23-19-5-3-4-6-22(19)29-24(30-23)27-14-16-7-9-17(10-8-16)15-28-34(32,33)18-11-12-20(25)21(26)13-18/h3-6,11-13,16-17,28H,7-10,14-15H2,1-2H3,(H,27,29,30)/t16-,17-. The highest BCUT2D eigenvalue weighted by molar-refractivity contribution is 9.13. The molecule has 0 bridgehead atoms. The zero-order chi connectivity index (χ0) is 24.3. The number of rotatable bonds is 8. The Kier molecular flexibility index (Phi) is 8.12. The summed E-state index contributed by atoms with van der Waals surface area (Å²) in [5.41, 5.74) is 0.928. The van der Waals surface area contributed by atoms with Crippen LogP contribution in [0.2, 0.25) is 0 Å². The molecule has 1 saturated carbocycles. The van der Waals surface area contributed by atoms with Crippen molar-refractivity contribution in [2.45, 2.75) is 30.6 Å². The molecule has 0 spiro atoms. The first-order chi connectivity index (χ1) is 16.2. The lowest BCUT2D eigenvalue weighted by molar-refractivity contribution is 0.284. The largest absolute Gasteiger partial charge is 0.362 e. The minimum atomic E-state index is -3.52. The molecule has 34 heavy (non-hydrogen) atoms. The summed E-state index contributed by atoms with van der Waals surface area (Å²) in [4.78, 5) is 11.7. The van der Waals surface area contributed by atoms with Gasteiger partial charge in [0.25, 0.3) is 0 Å². The zero-order valence-corrected chi connectivity index (χ0v) is 23.2. The Bertz CT molecular complexity index is 1260. The minimum absolute atomic E-state index is 0.271. The number of aromatic nitrogens is 2. The van der Waals surface area contributed by atoms with Gasteiger partial charge < -0.3 is 10.2 Å². The first-order valence-corrected chi connectivity index (χ1v) is 14.4.